The Bertz CT molecular complexity index is 697. The van der Waals surface area contributed by atoms with Gasteiger partial charge in [0.05, 0.1) is 18.8 Å². The van der Waals surface area contributed by atoms with E-state index in [0.717, 1.165) is 12.3 Å². The van der Waals surface area contributed by atoms with Crippen LogP contribution in [0.1, 0.15) is 37.0 Å². The van der Waals surface area contributed by atoms with E-state index in [1.807, 2.05) is 0 Å². The Morgan fingerprint density at radius 3 is 2.96 bits per heavy atom. The Hall–Kier alpha value is -1.38. The van der Waals surface area contributed by atoms with Gasteiger partial charge in [-0.2, -0.15) is 5.26 Å². The van der Waals surface area contributed by atoms with Gasteiger partial charge in [0.2, 0.25) is 5.91 Å². The van der Waals surface area contributed by atoms with Crippen LogP contribution in [0.25, 0.3) is 0 Å². The molecule has 2 heterocycles. The Balaban J connectivity index is 1.43. The number of nitrogens with one attached hydrogen (secondary N) is 1. The highest BCUT2D eigenvalue weighted by molar-refractivity contribution is 7.09. The van der Waals surface area contributed by atoms with E-state index in [0.29, 0.717) is 24.4 Å². The molecule has 4 fully saturated rings. The topological polar surface area (TPSA) is 62.1 Å². The normalized spacial score (nSPS) is 44.7. The van der Waals surface area contributed by atoms with Crippen LogP contribution >= 0.6 is 11.3 Å². The first kappa shape index (κ1) is 15.8. The van der Waals surface area contributed by atoms with Crippen LogP contribution < -0.4 is 5.32 Å². The van der Waals surface area contributed by atoms with Crippen LogP contribution in [0, 0.1) is 46.8 Å². The van der Waals surface area contributed by atoms with Crippen molar-refractivity contribution in [2.75, 3.05) is 0 Å². The van der Waals surface area contributed by atoms with E-state index in [-0.39, 0.29) is 24.0 Å². The number of hydrogen-bond acceptors (Lipinski definition) is 4. The molecule has 1 saturated heterocycles. The van der Waals surface area contributed by atoms with Gasteiger partial charge in [-0.3, -0.25) is 4.79 Å². The summed E-state index contributed by atoms with van der Waals surface area (Å²) in [6.07, 6.45) is 6.33. The summed E-state index contributed by atoms with van der Waals surface area (Å²) in [5.74, 6) is 2.07. The standard InChI is InChI=1S/C20H24N2O2S/c21-9-14-17-13-5-1-3-11-6-7-15(24-10-12-4-2-8-25-12)18(16(11)13)19(17)22-20(14)23/h2,4,8,11,13-19H,1,3,5-7,10H2,(H,22,23). The maximum absolute atomic E-state index is 12.3. The van der Waals surface area contributed by atoms with Gasteiger partial charge < -0.3 is 10.1 Å². The third-order valence-corrected chi connectivity index (χ3v) is 8.16. The Morgan fingerprint density at radius 1 is 1.24 bits per heavy atom. The number of hydrogen-bond donors (Lipinski definition) is 1. The minimum absolute atomic E-state index is 0.0411. The van der Waals surface area contributed by atoms with Crippen LogP contribution in [0.2, 0.25) is 0 Å². The van der Waals surface area contributed by atoms with E-state index >= 15 is 0 Å². The van der Waals surface area contributed by atoms with Crippen LogP contribution in [0.15, 0.2) is 17.5 Å². The molecule has 1 aromatic rings. The molecule has 4 nitrogen and oxygen atoms in total. The van der Waals surface area contributed by atoms with Gasteiger partial charge >= 0.3 is 0 Å². The molecule has 8 atom stereocenters. The summed E-state index contributed by atoms with van der Waals surface area (Å²) in [7, 11) is 0. The number of carbonyl (C=O) groups excluding carboxylic acids is 1. The Labute approximate surface area is 152 Å². The quantitative estimate of drug-likeness (QED) is 0.903. The Morgan fingerprint density at radius 2 is 2.16 bits per heavy atom. The summed E-state index contributed by atoms with van der Waals surface area (Å²) in [5.41, 5.74) is 0. The summed E-state index contributed by atoms with van der Waals surface area (Å²) in [6, 6.07) is 6.66. The van der Waals surface area contributed by atoms with Gasteiger partial charge in [0.1, 0.15) is 5.92 Å². The van der Waals surface area contributed by atoms with E-state index < -0.39 is 5.92 Å². The van der Waals surface area contributed by atoms with Crippen molar-refractivity contribution in [2.45, 2.75) is 50.9 Å². The molecule has 0 aromatic carbocycles. The van der Waals surface area contributed by atoms with Crippen molar-refractivity contribution >= 4 is 17.2 Å². The minimum atomic E-state index is -0.447. The number of nitriles is 1. The van der Waals surface area contributed by atoms with Gasteiger partial charge in [-0.15, -0.1) is 11.3 Å². The molecule has 8 unspecified atom stereocenters. The van der Waals surface area contributed by atoms with Gasteiger partial charge in [-0.25, -0.2) is 0 Å². The summed E-state index contributed by atoms with van der Waals surface area (Å²) < 4.78 is 6.40. The fourth-order valence-electron chi connectivity index (χ4n) is 6.55. The average Bonchev–Trinajstić information content (AvgIpc) is 3.32. The predicted molar refractivity (Wildman–Crippen MR) is 94.5 cm³/mol. The molecule has 0 spiro atoms. The molecule has 5 rings (SSSR count). The highest BCUT2D eigenvalue weighted by Crippen LogP contribution is 2.60. The molecular formula is C20H24N2O2S. The number of carbonyl (C=O) groups is 1. The first-order valence-corrected chi connectivity index (χ1v) is 10.5. The van der Waals surface area contributed by atoms with Gasteiger partial charge in [0.15, 0.2) is 0 Å². The van der Waals surface area contributed by atoms with E-state index in [2.05, 4.69) is 28.9 Å². The molecule has 0 bridgehead atoms. The highest BCUT2D eigenvalue weighted by atomic mass is 32.1. The van der Waals surface area contributed by atoms with E-state index in [9.17, 15) is 10.1 Å². The molecule has 3 saturated carbocycles. The molecule has 25 heavy (non-hydrogen) atoms. The highest BCUT2D eigenvalue weighted by Gasteiger charge is 2.63. The lowest BCUT2D eigenvalue weighted by molar-refractivity contribution is -0.123. The van der Waals surface area contributed by atoms with Crippen molar-refractivity contribution in [3.05, 3.63) is 22.4 Å². The molecule has 5 heteroatoms. The van der Waals surface area contributed by atoms with E-state index in [1.54, 1.807) is 11.3 Å². The lowest BCUT2D eigenvalue weighted by atomic mass is 9.62. The lowest BCUT2D eigenvalue weighted by Crippen LogP contribution is -2.47. The fraction of sp³-hybridized carbons (Fsp3) is 0.700. The SMILES string of the molecule is N#CC1C(=O)NC2C1C1CCCC3CCC(OCc4cccs4)C2C31. The number of fused-ring (bicyclic) bond motifs is 3. The molecular weight excluding hydrogens is 332 g/mol. The number of ether oxygens (including phenoxy) is 1. The van der Waals surface area contributed by atoms with E-state index in [4.69, 9.17) is 4.74 Å². The number of amides is 1. The van der Waals surface area contributed by atoms with Gasteiger partial charge in [-0.1, -0.05) is 18.9 Å². The molecule has 4 aliphatic rings. The number of thiophene rings is 1. The maximum atomic E-state index is 12.3. The lowest BCUT2D eigenvalue weighted by Gasteiger charge is -2.45. The van der Waals surface area contributed by atoms with E-state index in [1.165, 1.54) is 30.6 Å². The molecule has 3 aliphatic carbocycles. The Kier molecular flexibility index (Phi) is 3.87. The minimum Gasteiger partial charge on any atom is -0.372 e. The molecule has 1 aromatic heterocycles. The van der Waals surface area contributed by atoms with Crippen molar-refractivity contribution in [3.63, 3.8) is 0 Å². The van der Waals surface area contributed by atoms with Crippen molar-refractivity contribution in [2.24, 2.45) is 35.5 Å². The zero-order valence-corrected chi connectivity index (χ0v) is 15.1. The second-order valence-corrected chi connectivity index (χ2v) is 9.27. The second-order valence-electron chi connectivity index (χ2n) is 8.23. The van der Waals surface area contributed by atoms with Crippen LogP contribution in [-0.2, 0) is 16.1 Å². The number of nitrogens with zero attached hydrogens (tertiary/aromatic N) is 1. The zero-order chi connectivity index (χ0) is 17.0. The molecule has 132 valence electrons. The number of rotatable bonds is 3. The predicted octanol–water partition coefficient (Wildman–Crippen LogP) is 3.34. The molecule has 1 aliphatic heterocycles. The monoisotopic (exact) mass is 356 g/mol. The fourth-order valence-corrected chi connectivity index (χ4v) is 7.17. The average molecular weight is 356 g/mol. The molecule has 1 N–H and O–H groups in total. The van der Waals surface area contributed by atoms with Crippen LogP contribution in [0.4, 0.5) is 0 Å². The summed E-state index contributed by atoms with van der Waals surface area (Å²) in [4.78, 5) is 13.6. The molecule has 1 amide bonds. The van der Waals surface area contributed by atoms with Crippen LogP contribution in [0.3, 0.4) is 0 Å². The molecule has 0 radical (unpaired) electrons. The summed E-state index contributed by atoms with van der Waals surface area (Å²) >= 11 is 1.74. The van der Waals surface area contributed by atoms with Crippen molar-refractivity contribution in [1.82, 2.24) is 5.32 Å². The van der Waals surface area contributed by atoms with Crippen LogP contribution in [0.5, 0.6) is 0 Å². The summed E-state index contributed by atoms with van der Waals surface area (Å²) in [5, 5.41) is 14.9. The second kappa shape index (κ2) is 6.10. The third-order valence-electron chi connectivity index (χ3n) is 7.31. The zero-order valence-electron chi connectivity index (χ0n) is 14.3. The van der Waals surface area contributed by atoms with Crippen molar-refractivity contribution in [1.29, 1.82) is 5.26 Å². The smallest absolute Gasteiger partial charge is 0.237 e. The summed E-state index contributed by atoms with van der Waals surface area (Å²) in [6.45, 7) is 0.675. The van der Waals surface area contributed by atoms with Gasteiger partial charge in [-0.05, 0) is 48.5 Å². The largest absolute Gasteiger partial charge is 0.372 e. The van der Waals surface area contributed by atoms with Crippen LogP contribution in [-0.4, -0.2) is 18.1 Å². The van der Waals surface area contributed by atoms with Crippen molar-refractivity contribution < 1.29 is 9.53 Å². The maximum Gasteiger partial charge on any atom is 0.237 e. The van der Waals surface area contributed by atoms with Gasteiger partial charge in [0.25, 0.3) is 0 Å². The van der Waals surface area contributed by atoms with Crippen molar-refractivity contribution in [3.8, 4) is 6.07 Å². The first-order valence-electron chi connectivity index (χ1n) is 9.62. The third kappa shape index (κ3) is 2.38. The first-order chi connectivity index (χ1) is 12.3. The van der Waals surface area contributed by atoms with Gasteiger partial charge in [0, 0.05) is 22.8 Å².